The van der Waals surface area contributed by atoms with Gasteiger partial charge in [0.1, 0.15) is 5.41 Å². The Morgan fingerprint density at radius 1 is 1.02 bits per heavy atom. The highest BCUT2D eigenvalue weighted by Gasteiger charge is 2.51. The zero-order valence-electron chi connectivity index (χ0n) is 26.0. The van der Waals surface area contributed by atoms with E-state index in [0.717, 1.165) is 91.9 Å². The molecule has 1 aromatic carbocycles. The molecule has 2 atom stereocenters. The van der Waals surface area contributed by atoms with E-state index in [1.807, 2.05) is 39.0 Å². The molecule has 0 radical (unpaired) electrons. The van der Waals surface area contributed by atoms with Crippen molar-refractivity contribution < 1.29 is 9.50 Å². The number of allylic oxidation sites excluding steroid dienone is 5. The molecule has 0 amide bonds. The van der Waals surface area contributed by atoms with Crippen LogP contribution in [0, 0.1) is 10.8 Å². The first-order chi connectivity index (χ1) is 19.7. The van der Waals surface area contributed by atoms with Crippen molar-refractivity contribution in [2.45, 2.75) is 91.0 Å². The van der Waals surface area contributed by atoms with E-state index < -0.39 is 5.41 Å². The number of nitrogens with zero attached hydrogens (tertiary/aromatic N) is 1. The molecule has 0 saturated heterocycles. The second-order valence-corrected chi connectivity index (χ2v) is 14.3. The normalized spacial score (nSPS) is 24.4. The van der Waals surface area contributed by atoms with Crippen molar-refractivity contribution in [3.05, 3.63) is 106 Å². The number of fused-ring (bicyclic) bond motifs is 3. The molecule has 0 aliphatic heterocycles. The molecule has 1 aromatic rings. The van der Waals surface area contributed by atoms with Crippen molar-refractivity contribution in [1.82, 2.24) is 15.6 Å². The summed E-state index contributed by atoms with van der Waals surface area (Å²) in [5.74, 6) is 7.37. The van der Waals surface area contributed by atoms with Crippen molar-refractivity contribution in [3.8, 4) is 0 Å². The average molecular weight is 593 g/mol. The maximum absolute atomic E-state index is 14.2. The number of hydrogen-bond donors (Lipinski definition) is 4. The number of hydrazine groups is 1. The third-order valence-electron chi connectivity index (χ3n) is 9.79. The summed E-state index contributed by atoms with van der Waals surface area (Å²) in [5, 5.41) is 18.1. The summed E-state index contributed by atoms with van der Waals surface area (Å²) in [4.78, 5) is 0. The van der Waals surface area contributed by atoms with E-state index in [1.54, 1.807) is 17.1 Å². The van der Waals surface area contributed by atoms with Gasteiger partial charge in [-0.3, -0.25) is 5.01 Å². The second-order valence-electron chi connectivity index (χ2n) is 13.2. The number of benzene rings is 1. The highest BCUT2D eigenvalue weighted by atomic mass is 31.0. The Bertz CT molecular complexity index is 1300. The Labute approximate surface area is 254 Å². The zero-order valence-corrected chi connectivity index (χ0v) is 27.2. The molecule has 4 saturated carbocycles. The van der Waals surface area contributed by atoms with E-state index in [-0.39, 0.29) is 10.8 Å². The first-order valence-corrected chi connectivity index (χ1v) is 15.7. The van der Waals surface area contributed by atoms with Crippen molar-refractivity contribution >= 4 is 9.24 Å². The molecule has 0 spiro atoms. The van der Waals surface area contributed by atoms with Crippen LogP contribution in [0.3, 0.4) is 0 Å². The van der Waals surface area contributed by atoms with Gasteiger partial charge in [0, 0.05) is 29.9 Å². The molecule has 2 unspecified atom stereocenters. The summed E-state index contributed by atoms with van der Waals surface area (Å²) in [6.45, 7) is 21.8. The van der Waals surface area contributed by atoms with Gasteiger partial charge in [-0.05, 0) is 113 Å². The van der Waals surface area contributed by atoms with Gasteiger partial charge in [-0.15, -0.1) is 0 Å². The number of hydrogen-bond acceptors (Lipinski definition) is 5. The predicted octanol–water partition coefficient (Wildman–Crippen LogP) is 8.29. The van der Waals surface area contributed by atoms with Gasteiger partial charge in [-0.25, -0.2) is 10.2 Å². The Morgan fingerprint density at radius 2 is 1.60 bits per heavy atom. The molecule has 42 heavy (non-hydrogen) atoms. The molecule has 0 heterocycles. The van der Waals surface area contributed by atoms with Gasteiger partial charge in [0.05, 0.1) is 17.2 Å². The Hall–Kier alpha value is -2.82. The summed E-state index contributed by atoms with van der Waals surface area (Å²) >= 11 is 0. The molecule has 2 bridgehead atoms. The van der Waals surface area contributed by atoms with Gasteiger partial charge in [-0.1, -0.05) is 58.8 Å². The number of nitrogens with two attached hydrogens (primary N) is 1. The minimum absolute atomic E-state index is 0.0281. The molecule has 5 N–H and O–H groups in total. The Morgan fingerprint density at radius 3 is 2.10 bits per heavy atom. The number of alkyl halides is 1. The van der Waals surface area contributed by atoms with E-state index in [9.17, 15) is 9.50 Å². The minimum Gasteiger partial charge on any atom is -0.512 e. The van der Waals surface area contributed by atoms with Gasteiger partial charge in [0.25, 0.3) is 0 Å². The SMILES string of the molecule is C=C(/C=C(/C(=C)NCC12CCC(C(O)=C3CC3)(CC1)CC2)N(N)C(C)=C(C)C)C(=C)NCc1ccc(C(C)(F)P)cc1. The van der Waals surface area contributed by atoms with Crippen LogP contribution in [-0.4, -0.2) is 16.7 Å². The lowest BCUT2D eigenvalue weighted by molar-refractivity contribution is -0.00743. The van der Waals surface area contributed by atoms with Crippen LogP contribution in [0.25, 0.3) is 0 Å². The fourth-order valence-corrected chi connectivity index (χ4v) is 6.38. The molecule has 4 aliphatic carbocycles. The van der Waals surface area contributed by atoms with Crippen molar-refractivity contribution in [1.29, 1.82) is 0 Å². The van der Waals surface area contributed by atoms with Crippen LogP contribution < -0.4 is 16.5 Å². The number of aliphatic hydroxyl groups excluding tert-OH is 1. The zero-order chi connectivity index (χ0) is 30.9. The van der Waals surface area contributed by atoms with E-state index in [4.69, 9.17) is 5.84 Å². The summed E-state index contributed by atoms with van der Waals surface area (Å²) < 4.78 is 14.2. The number of nitrogens with one attached hydrogen (secondary N) is 2. The first kappa shape index (κ1) is 32.1. The first-order valence-electron chi connectivity index (χ1n) is 15.1. The average Bonchev–Trinajstić information content (AvgIpc) is 3.82. The maximum atomic E-state index is 14.2. The predicted molar refractivity (Wildman–Crippen MR) is 176 cm³/mol. The number of aliphatic hydroxyl groups is 1. The van der Waals surface area contributed by atoms with Gasteiger partial charge >= 0.3 is 0 Å². The molecular formula is C35H50FN4OP. The standard InChI is InChI=1S/C35H50FN4OP/c1-23(2)27(6)40(37)31(20-24(3)25(4)38-21-28-8-12-30(13-9-28)33(7,36)42)26(5)39-22-34-14-17-35(18-15-34,19-16-34)32(41)29-10-11-29/h8-9,12-13,20,38-39,41H,3-5,10-11,14-19,21-22,37,42H2,1-2,6-7H3/b31-20-. The topological polar surface area (TPSA) is 73.5 Å². The van der Waals surface area contributed by atoms with Crippen LogP contribution in [0.15, 0.2) is 95.3 Å². The smallest absolute Gasteiger partial charge is 0.145 e. The fraction of sp³-hybridized carbons (Fsp3) is 0.486. The van der Waals surface area contributed by atoms with E-state index >= 15 is 0 Å². The minimum atomic E-state index is -1.45. The van der Waals surface area contributed by atoms with Gasteiger partial charge in [-0.2, -0.15) is 0 Å². The van der Waals surface area contributed by atoms with E-state index in [2.05, 4.69) is 39.6 Å². The highest BCUT2D eigenvalue weighted by molar-refractivity contribution is 7.18. The van der Waals surface area contributed by atoms with Gasteiger partial charge in [0.15, 0.2) is 0 Å². The molecule has 0 aromatic heterocycles. The lowest BCUT2D eigenvalue weighted by atomic mass is 9.53. The van der Waals surface area contributed by atoms with Gasteiger partial charge in [0.2, 0.25) is 0 Å². The van der Waals surface area contributed by atoms with Crippen molar-refractivity contribution in [2.24, 2.45) is 16.7 Å². The van der Waals surface area contributed by atoms with Crippen LogP contribution in [0.1, 0.15) is 90.2 Å². The monoisotopic (exact) mass is 592 g/mol. The highest BCUT2D eigenvalue weighted by Crippen LogP contribution is 2.60. The molecule has 5 nitrogen and oxygen atoms in total. The summed E-state index contributed by atoms with van der Waals surface area (Å²) in [6.07, 6.45) is 10.6. The second kappa shape index (κ2) is 12.4. The Kier molecular flexibility index (Phi) is 9.50. The molecule has 228 valence electrons. The molecular weight excluding hydrogens is 542 g/mol. The van der Waals surface area contributed by atoms with Crippen LogP contribution >= 0.6 is 9.24 Å². The van der Waals surface area contributed by atoms with Crippen molar-refractivity contribution in [2.75, 3.05) is 6.54 Å². The Balaban J connectivity index is 1.41. The number of rotatable bonds is 13. The summed E-state index contributed by atoms with van der Waals surface area (Å²) in [6, 6.07) is 7.43. The van der Waals surface area contributed by atoms with Crippen LogP contribution in [0.5, 0.6) is 0 Å². The third-order valence-corrected chi connectivity index (χ3v) is 10.1. The van der Waals surface area contributed by atoms with Gasteiger partial charge < -0.3 is 15.7 Å². The molecule has 4 aliphatic rings. The summed E-state index contributed by atoms with van der Waals surface area (Å²) in [7, 11) is 2.23. The van der Waals surface area contributed by atoms with Crippen molar-refractivity contribution in [3.63, 3.8) is 0 Å². The maximum Gasteiger partial charge on any atom is 0.145 e. The lowest BCUT2D eigenvalue weighted by Crippen LogP contribution is -2.47. The van der Waals surface area contributed by atoms with E-state index in [0.29, 0.717) is 23.4 Å². The third kappa shape index (κ3) is 7.21. The van der Waals surface area contributed by atoms with Crippen LogP contribution in [0.4, 0.5) is 4.39 Å². The van der Waals surface area contributed by atoms with Crippen LogP contribution in [0.2, 0.25) is 0 Å². The van der Waals surface area contributed by atoms with E-state index in [1.165, 1.54) is 12.5 Å². The van der Waals surface area contributed by atoms with Crippen LogP contribution in [-0.2, 0) is 12.0 Å². The molecule has 4 fully saturated rings. The quantitative estimate of drug-likeness (QED) is 0.0610. The number of halogens is 1. The molecule has 5 rings (SSSR count). The largest absolute Gasteiger partial charge is 0.512 e. The lowest BCUT2D eigenvalue weighted by Gasteiger charge is -2.53. The fourth-order valence-electron chi connectivity index (χ4n) is 6.19. The summed E-state index contributed by atoms with van der Waals surface area (Å²) in [5.41, 5.74) is 8.06. The molecule has 7 heteroatoms.